The molecular formula is C14H25NO4. The van der Waals surface area contributed by atoms with E-state index in [9.17, 15) is 14.7 Å². The average Bonchev–Trinajstić information content (AvgIpc) is 2.37. The molecule has 0 saturated carbocycles. The van der Waals surface area contributed by atoms with Gasteiger partial charge in [-0.1, -0.05) is 13.3 Å². The molecule has 1 fully saturated rings. The van der Waals surface area contributed by atoms with E-state index in [1.165, 1.54) is 0 Å². The second-order valence-corrected chi connectivity index (χ2v) is 5.46. The summed E-state index contributed by atoms with van der Waals surface area (Å²) in [5, 5.41) is 11.8. The summed E-state index contributed by atoms with van der Waals surface area (Å²) >= 11 is 0. The molecule has 5 nitrogen and oxygen atoms in total. The SMILES string of the molecule is CCC[C@@](C)(NC(=O)CC[C@@H]1CCCCO1)C(=O)O. The Kier molecular flexibility index (Phi) is 6.28. The van der Waals surface area contributed by atoms with Crippen LogP contribution >= 0.6 is 0 Å². The average molecular weight is 271 g/mol. The van der Waals surface area contributed by atoms with E-state index in [0.717, 1.165) is 32.3 Å². The molecule has 0 unspecified atom stereocenters. The largest absolute Gasteiger partial charge is 0.480 e. The van der Waals surface area contributed by atoms with Crippen molar-refractivity contribution in [2.75, 3.05) is 6.61 Å². The molecule has 110 valence electrons. The highest BCUT2D eigenvalue weighted by Gasteiger charge is 2.33. The van der Waals surface area contributed by atoms with E-state index in [4.69, 9.17) is 4.74 Å². The Labute approximate surface area is 114 Å². The number of amides is 1. The van der Waals surface area contributed by atoms with Gasteiger partial charge in [0.25, 0.3) is 0 Å². The van der Waals surface area contributed by atoms with Crippen molar-refractivity contribution in [3.05, 3.63) is 0 Å². The van der Waals surface area contributed by atoms with Gasteiger partial charge in [-0.2, -0.15) is 0 Å². The second kappa shape index (κ2) is 7.48. The zero-order valence-corrected chi connectivity index (χ0v) is 11.9. The smallest absolute Gasteiger partial charge is 0.329 e. The van der Waals surface area contributed by atoms with Crippen LogP contribution < -0.4 is 5.32 Å². The first kappa shape index (κ1) is 16.0. The summed E-state index contributed by atoms with van der Waals surface area (Å²) in [7, 11) is 0. The van der Waals surface area contributed by atoms with Crippen molar-refractivity contribution in [3.8, 4) is 0 Å². The lowest BCUT2D eigenvalue weighted by atomic mass is 9.95. The van der Waals surface area contributed by atoms with Crippen molar-refractivity contribution in [1.82, 2.24) is 5.32 Å². The fourth-order valence-electron chi connectivity index (χ4n) is 2.42. The van der Waals surface area contributed by atoms with Gasteiger partial charge >= 0.3 is 5.97 Å². The van der Waals surface area contributed by atoms with Gasteiger partial charge in [0.15, 0.2) is 0 Å². The van der Waals surface area contributed by atoms with Crippen LogP contribution in [0.3, 0.4) is 0 Å². The summed E-state index contributed by atoms with van der Waals surface area (Å²) < 4.78 is 5.56. The summed E-state index contributed by atoms with van der Waals surface area (Å²) in [5.74, 6) is -1.18. The first-order chi connectivity index (χ1) is 8.98. The normalized spacial score (nSPS) is 22.5. The second-order valence-electron chi connectivity index (χ2n) is 5.46. The monoisotopic (exact) mass is 271 g/mol. The van der Waals surface area contributed by atoms with Crippen molar-refractivity contribution in [1.29, 1.82) is 0 Å². The molecule has 1 heterocycles. The number of carbonyl (C=O) groups is 2. The minimum absolute atomic E-state index is 0.154. The number of carboxylic acid groups (broad SMARTS) is 1. The van der Waals surface area contributed by atoms with Crippen LogP contribution in [0.5, 0.6) is 0 Å². The zero-order valence-electron chi connectivity index (χ0n) is 11.9. The molecule has 0 aromatic rings. The van der Waals surface area contributed by atoms with Gasteiger partial charge in [0.05, 0.1) is 6.10 Å². The van der Waals surface area contributed by atoms with E-state index in [1.807, 2.05) is 6.92 Å². The molecule has 0 aliphatic carbocycles. The summed E-state index contributed by atoms with van der Waals surface area (Å²) in [6.45, 7) is 4.24. The Bertz CT molecular complexity index is 313. The van der Waals surface area contributed by atoms with E-state index in [1.54, 1.807) is 6.92 Å². The topological polar surface area (TPSA) is 75.6 Å². The van der Waals surface area contributed by atoms with Crippen molar-refractivity contribution in [3.63, 3.8) is 0 Å². The Morgan fingerprint density at radius 1 is 1.42 bits per heavy atom. The summed E-state index contributed by atoms with van der Waals surface area (Å²) in [6, 6.07) is 0. The maximum absolute atomic E-state index is 11.9. The number of rotatable bonds is 7. The van der Waals surface area contributed by atoms with Crippen molar-refractivity contribution in [2.24, 2.45) is 0 Å². The first-order valence-corrected chi connectivity index (χ1v) is 7.14. The number of hydrogen-bond acceptors (Lipinski definition) is 3. The maximum atomic E-state index is 11.9. The van der Waals surface area contributed by atoms with Crippen molar-refractivity contribution < 1.29 is 19.4 Å². The Morgan fingerprint density at radius 2 is 2.16 bits per heavy atom. The molecule has 2 N–H and O–H groups in total. The van der Waals surface area contributed by atoms with Crippen LogP contribution in [0, 0.1) is 0 Å². The van der Waals surface area contributed by atoms with Gasteiger partial charge in [-0.15, -0.1) is 0 Å². The van der Waals surface area contributed by atoms with E-state index < -0.39 is 11.5 Å². The van der Waals surface area contributed by atoms with Crippen LogP contribution in [0.1, 0.15) is 58.8 Å². The minimum Gasteiger partial charge on any atom is -0.480 e. The van der Waals surface area contributed by atoms with E-state index in [0.29, 0.717) is 19.3 Å². The Hall–Kier alpha value is -1.10. The molecule has 0 aromatic carbocycles. The Balaban J connectivity index is 2.37. The maximum Gasteiger partial charge on any atom is 0.329 e. The molecule has 0 radical (unpaired) electrons. The molecule has 0 aromatic heterocycles. The lowest BCUT2D eigenvalue weighted by Gasteiger charge is -2.27. The van der Waals surface area contributed by atoms with Crippen molar-refractivity contribution >= 4 is 11.9 Å². The molecule has 1 saturated heterocycles. The van der Waals surface area contributed by atoms with Gasteiger partial charge in [0, 0.05) is 13.0 Å². The molecule has 0 spiro atoms. The van der Waals surface area contributed by atoms with Crippen LogP contribution in [0.25, 0.3) is 0 Å². The summed E-state index contributed by atoms with van der Waals surface area (Å²) in [4.78, 5) is 23.1. The van der Waals surface area contributed by atoms with Crippen LogP contribution in [0.15, 0.2) is 0 Å². The van der Waals surface area contributed by atoms with Crippen LogP contribution in [-0.2, 0) is 14.3 Å². The molecule has 1 amide bonds. The predicted molar refractivity (Wildman–Crippen MR) is 71.9 cm³/mol. The molecule has 5 heteroatoms. The third-order valence-electron chi connectivity index (χ3n) is 3.60. The third-order valence-corrected chi connectivity index (χ3v) is 3.60. The zero-order chi connectivity index (χ0) is 14.3. The number of carbonyl (C=O) groups excluding carboxylic acids is 1. The van der Waals surface area contributed by atoms with Gasteiger partial charge in [0.2, 0.25) is 5.91 Å². The highest BCUT2D eigenvalue weighted by molar-refractivity contribution is 5.86. The van der Waals surface area contributed by atoms with Crippen LogP contribution in [0.2, 0.25) is 0 Å². The van der Waals surface area contributed by atoms with E-state index in [2.05, 4.69) is 5.32 Å². The highest BCUT2D eigenvalue weighted by Crippen LogP contribution is 2.18. The fraction of sp³-hybridized carbons (Fsp3) is 0.857. The standard InChI is InChI=1S/C14H25NO4/c1-3-9-14(2,13(17)18)15-12(16)8-7-11-6-4-5-10-19-11/h11H,3-10H2,1-2H3,(H,15,16)(H,17,18)/t11-,14+/m0/s1. The number of hydrogen-bond donors (Lipinski definition) is 2. The quantitative estimate of drug-likeness (QED) is 0.743. The number of nitrogens with one attached hydrogen (secondary N) is 1. The number of aliphatic carboxylic acids is 1. The number of ether oxygens (including phenoxy) is 1. The molecular weight excluding hydrogens is 246 g/mol. The van der Waals surface area contributed by atoms with E-state index >= 15 is 0 Å². The number of carboxylic acids is 1. The molecule has 0 bridgehead atoms. The first-order valence-electron chi connectivity index (χ1n) is 7.14. The van der Waals surface area contributed by atoms with Gasteiger partial charge in [0.1, 0.15) is 5.54 Å². The van der Waals surface area contributed by atoms with Gasteiger partial charge < -0.3 is 15.2 Å². The van der Waals surface area contributed by atoms with Gasteiger partial charge in [-0.3, -0.25) is 4.79 Å². The minimum atomic E-state index is -1.15. The third kappa shape index (κ3) is 5.19. The molecule has 1 aliphatic heterocycles. The Morgan fingerprint density at radius 3 is 2.68 bits per heavy atom. The predicted octanol–water partition coefficient (Wildman–Crippen LogP) is 2.10. The molecule has 1 aliphatic rings. The molecule has 2 atom stereocenters. The fourth-order valence-corrected chi connectivity index (χ4v) is 2.42. The van der Waals surface area contributed by atoms with Crippen molar-refractivity contribution in [2.45, 2.75) is 70.4 Å². The van der Waals surface area contributed by atoms with Crippen LogP contribution in [-0.4, -0.2) is 35.2 Å². The molecule has 19 heavy (non-hydrogen) atoms. The summed E-state index contributed by atoms with van der Waals surface area (Å²) in [6.07, 6.45) is 5.55. The highest BCUT2D eigenvalue weighted by atomic mass is 16.5. The van der Waals surface area contributed by atoms with Gasteiger partial charge in [-0.25, -0.2) is 4.79 Å². The molecule has 1 rings (SSSR count). The van der Waals surface area contributed by atoms with E-state index in [-0.39, 0.29) is 12.0 Å². The van der Waals surface area contributed by atoms with Crippen LogP contribution in [0.4, 0.5) is 0 Å². The summed E-state index contributed by atoms with van der Waals surface area (Å²) in [5.41, 5.74) is -1.15. The van der Waals surface area contributed by atoms with Gasteiger partial charge in [-0.05, 0) is 39.0 Å². The lowest BCUT2D eigenvalue weighted by Crippen LogP contribution is -2.52. The lowest BCUT2D eigenvalue weighted by molar-refractivity contribution is -0.147.